The fourth-order valence-electron chi connectivity index (χ4n) is 3.03. The number of hydrogen-bond donors (Lipinski definition) is 3. The number of urea groups is 1. The van der Waals surface area contributed by atoms with Crippen LogP contribution in [0.25, 0.3) is 11.0 Å². The topological polar surface area (TPSA) is 107 Å². The monoisotopic (exact) mass is 363 g/mol. The second-order valence-corrected chi connectivity index (χ2v) is 6.26. The molecule has 0 spiro atoms. The molecule has 8 heteroatoms. The van der Waals surface area contributed by atoms with Gasteiger partial charge in [0.1, 0.15) is 5.82 Å². The van der Waals surface area contributed by atoms with E-state index in [0.29, 0.717) is 29.8 Å². The molecule has 0 aliphatic carbocycles. The Morgan fingerprint density at radius 1 is 1.11 bits per heavy atom. The van der Waals surface area contributed by atoms with E-state index in [2.05, 4.69) is 20.6 Å². The molecule has 1 aromatic heterocycles. The number of imidazole rings is 1. The Balaban J connectivity index is 1.35. The fraction of sp³-hybridized carbons (Fsp3) is 0.158. The van der Waals surface area contributed by atoms with Gasteiger partial charge < -0.3 is 15.6 Å². The zero-order valence-corrected chi connectivity index (χ0v) is 14.6. The van der Waals surface area contributed by atoms with E-state index in [-0.39, 0.29) is 11.8 Å². The molecule has 0 fully saturated rings. The van der Waals surface area contributed by atoms with Gasteiger partial charge in [-0.2, -0.15) is 0 Å². The average molecular weight is 363 g/mol. The van der Waals surface area contributed by atoms with Crippen molar-refractivity contribution in [3.63, 3.8) is 0 Å². The van der Waals surface area contributed by atoms with Crippen LogP contribution in [0.5, 0.6) is 0 Å². The van der Waals surface area contributed by atoms with Gasteiger partial charge in [0, 0.05) is 25.7 Å². The Bertz CT molecular complexity index is 1040. The summed E-state index contributed by atoms with van der Waals surface area (Å²) in [5.41, 5.74) is 2.94. The molecule has 3 aromatic rings. The molecular formula is C19H17N5O3. The highest BCUT2D eigenvalue weighted by Gasteiger charge is 2.32. The number of anilines is 1. The minimum absolute atomic E-state index is 0.294. The summed E-state index contributed by atoms with van der Waals surface area (Å²) in [4.78, 5) is 44.7. The number of nitrogens with one attached hydrogen (secondary N) is 3. The largest absolute Gasteiger partial charge is 0.342 e. The van der Waals surface area contributed by atoms with Crippen LogP contribution in [0.2, 0.25) is 0 Å². The molecule has 1 aliphatic heterocycles. The van der Waals surface area contributed by atoms with Crippen molar-refractivity contribution in [1.82, 2.24) is 20.2 Å². The van der Waals surface area contributed by atoms with Crippen molar-refractivity contribution < 1.29 is 14.4 Å². The number of aromatic nitrogens is 2. The Morgan fingerprint density at radius 3 is 2.70 bits per heavy atom. The van der Waals surface area contributed by atoms with Gasteiger partial charge in [-0.25, -0.2) is 9.78 Å². The number of carbonyl (C=O) groups excluding carboxylic acids is 3. The van der Waals surface area contributed by atoms with Crippen molar-refractivity contribution in [2.24, 2.45) is 0 Å². The van der Waals surface area contributed by atoms with E-state index in [1.807, 2.05) is 24.3 Å². The highest BCUT2D eigenvalue weighted by molar-refractivity contribution is 6.21. The van der Waals surface area contributed by atoms with Crippen molar-refractivity contribution in [2.45, 2.75) is 6.42 Å². The average Bonchev–Trinajstić information content (AvgIpc) is 3.17. The third-order valence-corrected chi connectivity index (χ3v) is 4.43. The van der Waals surface area contributed by atoms with Crippen LogP contribution in [-0.2, 0) is 6.42 Å². The van der Waals surface area contributed by atoms with Gasteiger partial charge in [0.2, 0.25) is 0 Å². The van der Waals surface area contributed by atoms with Gasteiger partial charge in [-0.05, 0) is 30.3 Å². The zero-order valence-electron chi connectivity index (χ0n) is 14.6. The van der Waals surface area contributed by atoms with Crippen molar-refractivity contribution in [3.05, 3.63) is 59.4 Å². The Kier molecular flexibility index (Phi) is 4.08. The van der Waals surface area contributed by atoms with Crippen LogP contribution in [0.3, 0.4) is 0 Å². The van der Waals surface area contributed by atoms with E-state index in [1.165, 1.54) is 13.1 Å². The minimum atomic E-state index is -0.392. The summed E-state index contributed by atoms with van der Waals surface area (Å²) in [6.45, 7) is 0.400. The summed E-state index contributed by atoms with van der Waals surface area (Å²) < 4.78 is 0. The van der Waals surface area contributed by atoms with Gasteiger partial charge in [-0.3, -0.25) is 14.5 Å². The smallest absolute Gasteiger partial charge is 0.319 e. The van der Waals surface area contributed by atoms with Crippen LogP contribution >= 0.6 is 0 Å². The number of para-hydroxylation sites is 2. The first-order valence-electron chi connectivity index (χ1n) is 8.48. The predicted molar refractivity (Wildman–Crippen MR) is 99.7 cm³/mol. The maximum atomic E-state index is 12.1. The number of amides is 4. The number of H-pyrrole nitrogens is 1. The molecule has 3 N–H and O–H groups in total. The molecule has 2 aromatic carbocycles. The molecule has 0 radical (unpaired) electrons. The quantitative estimate of drug-likeness (QED) is 0.617. The van der Waals surface area contributed by atoms with E-state index < -0.39 is 6.03 Å². The van der Waals surface area contributed by atoms with E-state index >= 15 is 0 Å². The second kappa shape index (κ2) is 6.56. The van der Waals surface area contributed by atoms with Gasteiger partial charge in [0.05, 0.1) is 22.2 Å². The molecule has 8 nitrogen and oxygen atoms in total. The van der Waals surface area contributed by atoms with Crippen molar-refractivity contribution in [2.75, 3.05) is 18.9 Å². The van der Waals surface area contributed by atoms with Gasteiger partial charge >= 0.3 is 6.03 Å². The number of nitrogens with zero attached hydrogens (tertiary/aromatic N) is 2. The third kappa shape index (κ3) is 3.12. The predicted octanol–water partition coefficient (Wildman–Crippen LogP) is 2.15. The fourth-order valence-corrected chi connectivity index (χ4v) is 3.03. The Labute approximate surface area is 154 Å². The first-order valence-corrected chi connectivity index (χ1v) is 8.48. The zero-order chi connectivity index (χ0) is 19.0. The molecule has 136 valence electrons. The number of rotatable bonds is 4. The van der Waals surface area contributed by atoms with Crippen molar-refractivity contribution in [1.29, 1.82) is 0 Å². The molecule has 0 unspecified atom stereocenters. The van der Waals surface area contributed by atoms with Gasteiger partial charge in [0.25, 0.3) is 11.8 Å². The Hall–Kier alpha value is -3.68. The number of hydrogen-bond acceptors (Lipinski definition) is 4. The third-order valence-electron chi connectivity index (χ3n) is 4.43. The first-order chi connectivity index (χ1) is 13.0. The van der Waals surface area contributed by atoms with E-state index in [1.54, 1.807) is 12.1 Å². The van der Waals surface area contributed by atoms with Gasteiger partial charge in [-0.1, -0.05) is 12.1 Å². The van der Waals surface area contributed by atoms with E-state index in [0.717, 1.165) is 21.8 Å². The molecule has 4 rings (SSSR count). The maximum absolute atomic E-state index is 12.1. The standard InChI is InChI=1S/C19H17N5O3/c1-24-17(25)12-7-6-11(10-13(12)18(24)26)21-19(27)20-9-8-16-22-14-4-2-3-5-15(14)23-16/h2-7,10H,8-9H2,1H3,(H,22,23)(H2,20,21,27). The summed E-state index contributed by atoms with van der Waals surface area (Å²) in [5.74, 6) is 0.0851. The number of fused-ring (bicyclic) bond motifs is 2. The number of imide groups is 1. The van der Waals surface area contributed by atoms with Crippen LogP contribution in [0, 0.1) is 0 Å². The normalized spacial score (nSPS) is 13.1. The van der Waals surface area contributed by atoms with E-state index in [4.69, 9.17) is 0 Å². The lowest BCUT2D eigenvalue weighted by Gasteiger charge is -2.07. The van der Waals surface area contributed by atoms with E-state index in [9.17, 15) is 14.4 Å². The van der Waals surface area contributed by atoms with Crippen molar-refractivity contribution >= 4 is 34.6 Å². The molecule has 4 amide bonds. The first kappa shape index (κ1) is 16.8. The molecule has 1 aliphatic rings. The summed E-state index contributed by atoms with van der Waals surface area (Å²) in [6, 6.07) is 12.0. The molecule has 0 bridgehead atoms. The summed E-state index contributed by atoms with van der Waals surface area (Å²) >= 11 is 0. The second-order valence-electron chi connectivity index (χ2n) is 6.26. The number of benzene rings is 2. The SMILES string of the molecule is CN1C(=O)c2ccc(NC(=O)NCCc3nc4ccccc4[nH]3)cc2C1=O. The van der Waals surface area contributed by atoms with Crippen LogP contribution in [0.1, 0.15) is 26.5 Å². The van der Waals surface area contributed by atoms with Crippen LogP contribution in [0.15, 0.2) is 42.5 Å². The van der Waals surface area contributed by atoms with Crippen LogP contribution in [0.4, 0.5) is 10.5 Å². The molecule has 27 heavy (non-hydrogen) atoms. The van der Waals surface area contributed by atoms with Crippen LogP contribution < -0.4 is 10.6 Å². The Morgan fingerprint density at radius 2 is 1.89 bits per heavy atom. The lowest BCUT2D eigenvalue weighted by Crippen LogP contribution is -2.30. The molecule has 0 saturated heterocycles. The minimum Gasteiger partial charge on any atom is -0.342 e. The highest BCUT2D eigenvalue weighted by atomic mass is 16.2. The van der Waals surface area contributed by atoms with Gasteiger partial charge in [0.15, 0.2) is 0 Å². The lowest BCUT2D eigenvalue weighted by molar-refractivity contribution is 0.0693. The molecule has 0 saturated carbocycles. The number of aromatic amines is 1. The summed E-state index contributed by atoms with van der Waals surface area (Å²) in [5, 5.41) is 5.42. The molecule has 0 atom stereocenters. The lowest BCUT2D eigenvalue weighted by atomic mass is 10.1. The van der Waals surface area contributed by atoms with Crippen LogP contribution in [-0.4, -0.2) is 46.3 Å². The van der Waals surface area contributed by atoms with Crippen molar-refractivity contribution in [3.8, 4) is 0 Å². The van der Waals surface area contributed by atoms with Gasteiger partial charge in [-0.15, -0.1) is 0 Å². The number of carbonyl (C=O) groups is 3. The maximum Gasteiger partial charge on any atom is 0.319 e. The highest BCUT2D eigenvalue weighted by Crippen LogP contribution is 2.24. The summed E-state index contributed by atoms with van der Waals surface area (Å²) in [6.07, 6.45) is 0.560. The molecule has 2 heterocycles. The summed E-state index contributed by atoms with van der Waals surface area (Å²) in [7, 11) is 1.43. The molecular weight excluding hydrogens is 346 g/mol.